The van der Waals surface area contributed by atoms with Gasteiger partial charge in [-0.1, -0.05) is 0 Å². The zero-order valence-electron chi connectivity index (χ0n) is 5.52. The van der Waals surface area contributed by atoms with Gasteiger partial charge in [-0.25, -0.2) is 13.2 Å². The van der Waals surface area contributed by atoms with E-state index in [9.17, 15) is 13.2 Å². The molecule has 7 heteroatoms. The molecule has 0 fully saturated rings. The number of hydrogen-bond acceptors (Lipinski definition) is 4. The van der Waals surface area contributed by atoms with Crippen LogP contribution < -0.4 is 0 Å². The largest absolute Gasteiger partial charge is 0.477 e. The maximum atomic E-state index is 10.7. The molecule has 0 aliphatic rings. The van der Waals surface area contributed by atoms with Crippen LogP contribution >= 0.6 is 22.0 Å². The molecule has 0 aliphatic carbocycles. The second-order valence-corrected chi connectivity index (χ2v) is 5.31. The molecule has 1 heterocycles. The number of aromatic carboxylic acids is 1. The average molecular weight is 227 g/mol. The first-order chi connectivity index (χ1) is 5.43. The molecule has 0 spiro atoms. The van der Waals surface area contributed by atoms with E-state index in [0.29, 0.717) is 0 Å². The van der Waals surface area contributed by atoms with E-state index in [1.54, 1.807) is 0 Å². The molecule has 0 radical (unpaired) electrons. The van der Waals surface area contributed by atoms with E-state index < -0.39 is 15.0 Å². The molecule has 0 amide bonds. The maximum Gasteiger partial charge on any atom is 0.347 e. The fraction of sp³-hybridized carbons (Fsp3) is 0. The van der Waals surface area contributed by atoms with Crippen molar-refractivity contribution >= 4 is 37.0 Å². The second-order valence-electron chi connectivity index (χ2n) is 1.86. The highest BCUT2D eigenvalue weighted by molar-refractivity contribution is 8.13. The lowest BCUT2D eigenvalue weighted by Crippen LogP contribution is -1.99. The average Bonchev–Trinajstić information content (AvgIpc) is 2.30. The Morgan fingerprint density at radius 3 is 2.50 bits per heavy atom. The number of carboxylic acids is 1. The van der Waals surface area contributed by atoms with Gasteiger partial charge in [0.15, 0.2) is 0 Å². The van der Waals surface area contributed by atoms with Gasteiger partial charge in [0.25, 0.3) is 9.05 Å². The van der Waals surface area contributed by atoms with Crippen molar-refractivity contribution in [3.63, 3.8) is 0 Å². The summed E-state index contributed by atoms with van der Waals surface area (Å²) in [6.07, 6.45) is 0. The van der Waals surface area contributed by atoms with E-state index >= 15 is 0 Å². The van der Waals surface area contributed by atoms with Gasteiger partial charge in [0.05, 0.1) is 0 Å². The molecule has 1 N–H and O–H groups in total. The Balaban J connectivity index is 3.36. The van der Waals surface area contributed by atoms with E-state index in [0.717, 1.165) is 17.4 Å². The van der Waals surface area contributed by atoms with Crippen molar-refractivity contribution in [1.82, 2.24) is 0 Å². The van der Waals surface area contributed by atoms with Gasteiger partial charge < -0.3 is 5.11 Å². The molecule has 0 saturated carbocycles. The molecule has 0 aliphatic heterocycles. The zero-order chi connectivity index (χ0) is 9.35. The number of carboxylic acid groups (broad SMARTS) is 1. The van der Waals surface area contributed by atoms with Crippen molar-refractivity contribution < 1.29 is 18.3 Å². The van der Waals surface area contributed by atoms with Crippen LogP contribution in [0.1, 0.15) is 9.67 Å². The van der Waals surface area contributed by atoms with Crippen molar-refractivity contribution in [2.75, 3.05) is 0 Å². The lowest BCUT2D eigenvalue weighted by molar-refractivity contribution is 0.0698. The molecule has 0 aromatic carbocycles. The van der Waals surface area contributed by atoms with E-state index in [1.807, 2.05) is 0 Å². The van der Waals surface area contributed by atoms with Crippen LogP contribution in [0.4, 0.5) is 0 Å². The molecule has 0 unspecified atom stereocenters. The first kappa shape index (κ1) is 9.50. The molecule has 1 aromatic rings. The minimum atomic E-state index is -3.93. The van der Waals surface area contributed by atoms with Gasteiger partial charge in [-0.15, -0.1) is 11.3 Å². The molecule has 0 saturated heterocycles. The standard InChI is InChI=1S/C5H3ClO4S2/c6-12(9,10)3-1-2-11-4(3)5(7)8/h1-2H,(H,7,8). The summed E-state index contributed by atoms with van der Waals surface area (Å²) in [4.78, 5) is 9.81. The number of rotatable bonds is 2. The van der Waals surface area contributed by atoms with Crippen molar-refractivity contribution in [2.45, 2.75) is 4.90 Å². The lowest BCUT2D eigenvalue weighted by Gasteiger charge is -1.92. The summed E-state index contributed by atoms with van der Waals surface area (Å²) in [7, 11) is 1.03. The topological polar surface area (TPSA) is 71.4 Å². The second kappa shape index (κ2) is 3.04. The van der Waals surface area contributed by atoms with Gasteiger partial charge in [-0.2, -0.15) is 0 Å². The van der Waals surface area contributed by atoms with Gasteiger partial charge in [0.2, 0.25) is 0 Å². The third-order valence-electron chi connectivity index (χ3n) is 1.09. The van der Waals surface area contributed by atoms with Crippen molar-refractivity contribution in [3.05, 3.63) is 16.3 Å². The van der Waals surface area contributed by atoms with E-state index in [1.165, 1.54) is 5.38 Å². The van der Waals surface area contributed by atoms with E-state index in [2.05, 4.69) is 0 Å². The molecular formula is C5H3ClO4S2. The van der Waals surface area contributed by atoms with Crippen molar-refractivity contribution in [2.24, 2.45) is 0 Å². The lowest BCUT2D eigenvalue weighted by atomic mass is 10.5. The summed E-state index contributed by atoms with van der Waals surface area (Å²) in [5, 5.41) is 9.87. The summed E-state index contributed by atoms with van der Waals surface area (Å²) in [6, 6.07) is 1.16. The van der Waals surface area contributed by atoms with Crippen LogP contribution in [0.15, 0.2) is 16.3 Å². The Morgan fingerprint density at radius 2 is 2.17 bits per heavy atom. The van der Waals surface area contributed by atoms with Crippen LogP contribution in [0.3, 0.4) is 0 Å². The molecule has 4 nitrogen and oxygen atoms in total. The third kappa shape index (κ3) is 1.77. The quantitative estimate of drug-likeness (QED) is 0.774. The van der Waals surface area contributed by atoms with Gasteiger partial charge in [-0.3, -0.25) is 0 Å². The third-order valence-corrected chi connectivity index (χ3v) is 3.48. The molecule has 1 rings (SSSR count). The predicted octanol–water partition coefficient (Wildman–Crippen LogP) is 1.37. The highest BCUT2D eigenvalue weighted by Gasteiger charge is 2.21. The normalized spacial score (nSPS) is 11.4. The molecule has 0 bridgehead atoms. The summed E-state index contributed by atoms with van der Waals surface area (Å²) < 4.78 is 21.5. The fourth-order valence-electron chi connectivity index (χ4n) is 0.645. The molecule has 1 aromatic heterocycles. The van der Waals surface area contributed by atoms with Crippen LogP contribution in [0.25, 0.3) is 0 Å². The summed E-state index contributed by atoms with van der Waals surface area (Å²) in [5.41, 5.74) is 0. The first-order valence-electron chi connectivity index (χ1n) is 2.68. The summed E-state index contributed by atoms with van der Waals surface area (Å²) >= 11 is 0.821. The summed E-state index contributed by atoms with van der Waals surface area (Å²) in [6.45, 7) is 0. The fourth-order valence-corrected chi connectivity index (χ4v) is 2.89. The Kier molecular flexibility index (Phi) is 2.41. The SMILES string of the molecule is O=C(O)c1sccc1S(=O)(=O)Cl. The maximum absolute atomic E-state index is 10.7. The first-order valence-corrected chi connectivity index (χ1v) is 5.87. The Labute approximate surface area is 76.8 Å². The van der Waals surface area contributed by atoms with Crippen LogP contribution in [0.5, 0.6) is 0 Å². The van der Waals surface area contributed by atoms with Crippen molar-refractivity contribution in [1.29, 1.82) is 0 Å². The molecule has 12 heavy (non-hydrogen) atoms. The highest BCUT2D eigenvalue weighted by Crippen LogP contribution is 2.24. The summed E-state index contributed by atoms with van der Waals surface area (Å²) in [5.74, 6) is -1.29. The Morgan fingerprint density at radius 1 is 1.58 bits per heavy atom. The minimum absolute atomic E-state index is 0.259. The van der Waals surface area contributed by atoms with Crippen LogP contribution in [-0.4, -0.2) is 19.5 Å². The monoisotopic (exact) mass is 226 g/mol. The Bertz CT molecular complexity index is 405. The predicted molar refractivity (Wildman–Crippen MR) is 44.3 cm³/mol. The number of hydrogen-bond donors (Lipinski definition) is 1. The van der Waals surface area contributed by atoms with Gasteiger partial charge in [0, 0.05) is 10.7 Å². The van der Waals surface area contributed by atoms with Crippen LogP contribution in [0, 0.1) is 0 Å². The molecular weight excluding hydrogens is 224 g/mol. The number of carbonyl (C=O) groups is 1. The number of thiophene rings is 1. The molecule has 0 atom stereocenters. The van der Waals surface area contributed by atoms with Crippen LogP contribution in [-0.2, 0) is 9.05 Å². The van der Waals surface area contributed by atoms with Gasteiger partial charge in [-0.05, 0) is 11.4 Å². The number of halogens is 1. The van der Waals surface area contributed by atoms with Crippen molar-refractivity contribution in [3.8, 4) is 0 Å². The van der Waals surface area contributed by atoms with E-state index in [4.69, 9.17) is 15.8 Å². The Hall–Kier alpha value is -0.590. The van der Waals surface area contributed by atoms with Gasteiger partial charge >= 0.3 is 5.97 Å². The smallest absolute Gasteiger partial charge is 0.347 e. The van der Waals surface area contributed by atoms with Gasteiger partial charge in [0.1, 0.15) is 9.77 Å². The van der Waals surface area contributed by atoms with Crippen LogP contribution in [0.2, 0.25) is 0 Å². The van der Waals surface area contributed by atoms with E-state index in [-0.39, 0.29) is 9.77 Å². The highest BCUT2D eigenvalue weighted by atomic mass is 35.7. The minimum Gasteiger partial charge on any atom is -0.477 e. The zero-order valence-corrected chi connectivity index (χ0v) is 7.91. The molecule has 66 valence electrons.